The van der Waals surface area contributed by atoms with Gasteiger partial charge in [0.1, 0.15) is 11.4 Å². The van der Waals surface area contributed by atoms with Crippen LogP contribution in [0.1, 0.15) is 16.1 Å². The fraction of sp³-hybridized carbons (Fsp3) is 0.286. The van der Waals surface area contributed by atoms with Crippen LogP contribution in [0.25, 0.3) is 10.8 Å². The number of carboxylic acid groups (broad SMARTS) is 1. The van der Waals surface area contributed by atoms with Crippen LogP contribution >= 0.6 is 11.3 Å². The number of aliphatic carboxylic acids is 1. The van der Waals surface area contributed by atoms with Crippen LogP contribution in [-0.4, -0.2) is 54.8 Å². The van der Waals surface area contributed by atoms with Gasteiger partial charge in [-0.3, -0.25) is 9.59 Å². The monoisotopic (exact) mass is 426 g/mol. The first-order valence-electron chi connectivity index (χ1n) is 9.58. The van der Waals surface area contributed by atoms with Crippen LogP contribution < -0.4 is 15.5 Å². The molecule has 156 valence electrons. The van der Waals surface area contributed by atoms with Crippen molar-refractivity contribution in [3.05, 3.63) is 47.3 Å². The Bertz CT molecular complexity index is 1080. The SMILES string of the molecule is CO[C@@H]1CCN(c2nc(NCC(=O)O)c(C(=O)Nc3ccc4ccccc4c3)s2)C1. The molecule has 9 heteroatoms. The molecule has 1 fully saturated rings. The highest BCUT2D eigenvalue weighted by Crippen LogP contribution is 2.33. The first-order valence-corrected chi connectivity index (χ1v) is 10.4. The normalized spacial score (nSPS) is 16.0. The predicted molar refractivity (Wildman–Crippen MR) is 118 cm³/mol. The second kappa shape index (κ2) is 8.68. The first-order chi connectivity index (χ1) is 14.5. The summed E-state index contributed by atoms with van der Waals surface area (Å²) < 4.78 is 5.40. The molecule has 3 N–H and O–H groups in total. The highest BCUT2D eigenvalue weighted by Gasteiger charge is 2.27. The topological polar surface area (TPSA) is 104 Å². The number of benzene rings is 2. The van der Waals surface area contributed by atoms with Gasteiger partial charge in [-0.05, 0) is 29.3 Å². The highest BCUT2D eigenvalue weighted by atomic mass is 32.1. The molecule has 2 aromatic carbocycles. The Hall–Kier alpha value is -3.17. The maximum absolute atomic E-state index is 13.0. The molecule has 1 saturated heterocycles. The molecule has 0 aliphatic carbocycles. The van der Waals surface area contributed by atoms with Crippen molar-refractivity contribution < 1.29 is 19.4 Å². The Kier molecular flexibility index (Phi) is 5.82. The van der Waals surface area contributed by atoms with Gasteiger partial charge in [-0.2, -0.15) is 0 Å². The van der Waals surface area contributed by atoms with Crippen LogP contribution in [0.3, 0.4) is 0 Å². The summed E-state index contributed by atoms with van der Waals surface area (Å²) in [5.74, 6) is -1.08. The number of hydrogen-bond donors (Lipinski definition) is 3. The Morgan fingerprint density at radius 2 is 2.07 bits per heavy atom. The van der Waals surface area contributed by atoms with Crippen LogP contribution in [0, 0.1) is 0 Å². The number of rotatable bonds is 7. The lowest BCUT2D eigenvalue weighted by Crippen LogP contribution is -2.22. The second-order valence-corrected chi connectivity index (χ2v) is 8.01. The number of nitrogens with one attached hydrogen (secondary N) is 2. The fourth-order valence-electron chi connectivity index (χ4n) is 3.43. The van der Waals surface area contributed by atoms with E-state index in [0.29, 0.717) is 22.2 Å². The number of carbonyl (C=O) groups is 2. The number of ether oxygens (including phenoxy) is 1. The van der Waals surface area contributed by atoms with Gasteiger partial charge in [-0.25, -0.2) is 4.98 Å². The molecule has 0 spiro atoms. The van der Waals surface area contributed by atoms with Crippen LogP contribution in [-0.2, 0) is 9.53 Å². The van der Waals surface area contributed by atoms with Crippen molar-refractivity contribution in [2.75, 3.05) is 42.3 Å². The van der Waals surface area contributed by atoms with Gasteiger partial charge in [0.15, 0.2) is 10.9 Å². The minimum Gasteiger partial charge on any atom is -0.480 e. The molecule has 1 aromatic heterocycles. The van der Waals surface area contributed by atoms with Gasteiger partial charge >= 0.3 is 5.97 Å². The molecule has 0 bridgehead atoms. The predicted octanol–water partition coefficient (Wildman–Crippen LogP) is 3.27. The number of methoxy groups -OCH3 is 1. The Morgan fingerprint density at radius 3 is 2.80 bits per heavy atom. The van der Waals surface area contributed by atoms with Gasteiger partial charge < -0.3 is 25.4 Å². The molecule has 4 rings (SSSR count). The summed E-state index contributed by atoms with van der Waals surface area (Å²) in [4.78, 5) is 30.9. The second-order valence-electron chi connectivity index (χ2n) is 7.03. The zero-order valence-corrected chi connectivity index (χ0v) is 17.2. The van der Waals surface area contributed by atoms with E-state index in [4.69, 9.17) is 9.84 Å². The molecule has 1 atom stereocenters. The molecule has 3 aromatic rings. The largest absolute Gasteiger partial charge is 0.480 e. The van der Waals surface area contributed by atoms with E-state index in [0.717, 1.165) is 23.7 Å². The minimum atomic E-state index is -1.02. The van der Waals surface area contributed by atoms with Crippen molar-refractivity contribution >= 4 is 50.6 Å². The van der Waals surface area contributed by atoms with Gasteiger partial charge in [0.05, 0.1) is 6.10 Å². The zero-order valence-electron chi connectivity index (χ0n) is 16.4. The summed E-state index contributed by atoms with van der Waals surface area (Å²) in [7, 11) is 1.68. The van der Waals surface area contributed by atoms with Gasteiger partial charge in [0.25, 0.3) is 5.91 Å². The number of nitrogens with zero attached hydrogens (tertiary/aromatic N) is 2. The average molecular weight is 426 g/mol. The van der Waals surface area contributed by atoms with Gasteiger partial charge in [-0.1, -0.05) is 41.7 Å². The third kappa shape index (κ3) is 4.37. The highest BCUT2D eigenvalue weighted by molar-refractivity contribution is 7.18. The van der Waals surface area contributed by atoms with Gasteiger partial charge in [0.2, 0.25) is 0 Å². The maximum Gasteiger partial charge on any atom is 0.322 e. The van der Waals surface area contributed by atoms with E-state index in [2.05, 4.69) is 20.5 Å². The van der Waals surface area contributed by atoms with E-state index in [9.17, 15) is 9.59 Å². The molecule has 0 radical (unpaired) electrons. The number of aromatic nitrogens is 1. The lowest BCUT2D eigenvalue weighted by atomic mass is 10.1. The van der Waals surface area contributed by atoms with E-state index < -0.39 is 5.97 Å². The fourth-order valence-corrected chi connectivity index (χ4v) is 4.40. The lowest BCUT2D eigenvalue weighted by molar-refractivity contribution is -0.134. The maximum atomic E-state index is 13.0. The summed E-state index contributed by atoms with van der Waals surface area (Å²) in [5, 5.41) is 17.5. The summed E-state index contributed by atoms with van der Waals surface area (Å²) >= 11 is 1.24. The third-order valence-electron chi connectivity index (χ3n) is 4.99. The van der Waals surface area contributed by atoms with Crippen LogP contribution in [0.2, 0.25) is 0 Å². The standard InChI is InChI=1S/C21H22N4O4S/c1-29-16-8-9-25(12-16)21-24-19(22-11-17(26)27)18(30-21)20(28)23-15-7-6-13-4-2-3-5-14(13)10-15/h2-7,10,16,22H,8-9,11-12H2,1H3,(H,23,28)(H,26,27)/t16-/m1/s1. The van der Waals surface area contributed by atoms with Crippen molar-refractivity contribution in [3.63, 3.8) is 0 Å². The Labute approximate surface area is 177 Å². The first kappa shape index (κ1) is 20.1. The van der Waals surface area contributed by atoms with Crippen molar-refractivity contribution in [1.29, 1.82) is 0 Å². The smallest absolute Gasteiger partial charge is 0.322 e. The zero-order chi connectivity index (χ0) is 21.1. The van der Waals surface area contributed by atoms with Gasteiger partial charge in [-0.15, -0.1) is 0 Å². The average Bonchev–Trinajstić information content (AvgIpc) is 3.39. The molecular formula is C21H22N4O4S. The quantitative estimate of drug-likeness (QED) is 0.533. The van der Waals surface area contributed by atoms with Gasteiger partial charge in [0, 0.05) is 25.9 Å². The summed E-state index contributed by atoms with van der Waals surface area (Å²) in [5.41, 5.74) is 0.665. The van der Waals surface area contributed by atoms with Crippen LogP contribution in [0.15, 0.2) is 42.5 Å². The minimum absolute atomic E-state index is 0.124. The Balaban J connectivity index is 1.58. The molecule has 30 heavy (non-hydrogen) atoms. The van der Waals surface area contributed by atoms with Crippen molar-refractivity contribution in [3.8, 4) is 0 Å². The number of anilines is 3. The molecule has 8 nitrogen and oxygen atoms in total. The van der Waals surface area contributed by atoms with Crippen LogP contribution in [0.4, 0.5) is 16.6 Å². The van der Waals surface area contributed by atoms with E-state index in [1.54, 1.807) is 7.11 Å². The molecule has 0 saturated carbocycles. The number of carboxylic acids is 1. The molecule has 1 amide bonds. The molecule has 1 aliphatic rings. The molecule has 1 aliphatic heterocycles. The van der Waals surface area contributed by atoms with Crippen molar-refractivity contribution in [2.45, 2.75) is 12.5 Å². The van der Waals surface area contributed by atoms with E-state index >= 15 is 0 Å². The molecule has 2 heterocycles. The van der Waals surface area contributed by atoms with Crippen molar-refractivity contribution in [2.24, 2.45) is 0 Å². The van der Waals surface area contributed by atoms with E-state index in [-0.39, 0.29) is 24.4 Å². The van der Waals surface area contributed by atoms with Crippen molar-refractivity contribution in [1.82, 2.24) is 4.98 Å². The molecule has 0 unspecified atom stereocenters. The molecular weight excluding hydrogens is 404 g/mol. The number of carbonyl (C=O) groups excluding carboxylic acids is 1. The number of amides is 1. The number of hydrogen-bond acceptors (Lipinski definition) is 7. The summed E-state index contributed by atoms with van der Waals surface area (Å²) in [6.07, 6.45) is 1.01. The lowest BCUT2D eigenvalue weighted by Gasteiger charge is -2.13. The number of thiazole rings is 1. The van der Waals surface area contributed by atoms with E-state index in [1.807, 2.05) is 42.5 Å². The summed E-state index contributed by atoms with van der Waals surface area (Å²) in [6.45, 7) is 1.14. The Morgan fingerprint density at radius 1 is 1.27 bits per heavy atom. The van der Waals surface area contributed by atoms with E-state index in [1.165, 1.54) is 11.3 Å². The summed E-state index contributed by atoms with van der Waals surface area (Å²) in [6, 6.07) is 13.6. The van der Waals surface area contributed by atoms with Crippen LogP contribution in [0.5, 0.6) is 0 Å². The number of fused-ring (bicyclic) bond motifs is 1. The third-order valence-corrected chi connectivity index (χ3v) is 6.10.